The average Bonchev–Trinajstić information content (AvgIpc) is 2.86. The molecule has 3 aromatic rings. The summed E-state index contributed by atoms with van der Waals surface area (Å²) in [6.07, 6.45) is 0. The molecule has 0 saturated carbocycles. The number of sulfonamides is 1. The summed E-state index contributed by atoms with van der Waals surface area (Å²) in [5, 5.41) is 3.02. The molecule has 0 spiro atoms. The lowest BCUT2D eigenvalue weighted by atomic mass is 10.1. The van der Waals surface area contributed by atoms with Crippen molar-refractivity contribution in [2.45, 2.75) is 11.4 Å². The van der Waals surface area contributed by atoms with E-state index in [1.54, 1.807) is 30.3 Å². The van der Waals surface area contributed by atoms with Gasteiger partial charge in [0.2, 0.25) is 0 Å². The van der Waals surface area contributed by atoms with Crippen LogP contribution in [0.5, 0.6) is 23.0 Å². The molecule has 0 aromatic heterocycles. The van der Waals surface area contributed by atoms with E-state index >= 15 is 0 Å². The SMILES string of the molecule is COc1ccc(NS(=O)(=O)c2ccc(OCC(=O)NCc3c(OC)cccc3OC)cc2)cc1Cl. The van der Waals surface area contributed by atoms with E-state index in [0.717, 1.165) is 0 Å². The zero-order valence-electron chi connectivity index (χ0n) is 19.3. The first-order valence-corrected chi connectivity index (χ1v) is 12.2. The molecule has 3 aromatic carbocycles. The third kappa shape index (κ3) is 6.71. The predicted octanol–water partition coefficient (Wildman–Crippen LogP) is 3.86. The number of ether oxygens (including phenoxy) is 4. The number of hydrogen-bond donors (Lipinski definition) is 2. The molecule has 0 radical (unpaired) electrons. The van der Waals surface area contributed by atoms with Crippen LogP contribution in [-0.2, 0) is 21.4 Å². The summed E-state index contributed by atoms with van der Waals surface area (Å²) in [7, 11) is 0.683. The van der Waals surface area contributed by atoms with Gasteiger partial charge in [0.15, 0.2) is 6.61 Å². The van der Waals surface area contributed by atoms with Gasteiger partial charge >= 0.3 is 0 Å². The Morgan fingerprint density at radius 1 is 0.886 bits per heavy atom. The largest absolute Gasteiger partial charge is 0.496 e. The number of anilines is 1. The van der Waals surface area contributed by atoms with E-state index in [9.17, 15) is 13.2 Å². The fourth-order valence-corrected chi connectivity index (χ4v) is 4.46. The Morgan fingerprint density at radius 3 is 2.09 bits per heavy atom. The summed E-state index contributed by atoms with van der Waals surface area (Å²) in [6, 6.07) is 15.6. The van der Waals surface area contributed by atoms with Gasteiger partial charge in [-0.15, -0.1) is 0 Å². The molecule has 9 nitrogen and oxygen atoms in total. The molecule has 0 unspecified atom stereocenters. The zero-order chi connectivity index (χ0) is 25.4. The quantitative estimate of drug-likeness (QED) is 0.395. The molecule has 11 heteroatoms. The Labute approximate surface area is 209 Å². The summed E-state index contributed by atoms with van der Waals surface area (Å²) < 4.78 is 48.9. The van der Waals surface area contributed by atoms with Crippen molar-refractivity contribution >= 4 is 33.2 Å². The van der Waals surface area contributed by atoms with Crippen LogP contribution in [0.4, 0.5) is 5.69 Å². The molecular formula is C24H25ClN2O7S. The highest BCUT2D eigenvalue weighted by atomic mass is 35.5. The summed E-state index contributed by atoms with van der Waals surface area (Å²) >= 11 is 6.05. The Morgan fingerprint density at radius 2 is 1.51 bits per heavy atom. The number of hydrogen-bond acceptors (Lipinski definition) is 7. The van der Waals surface area contributed by atoms with Gasteiger partial charge in [-0.2, -0.15) is 0 Å². The maximum absolute atomic E-state index is 12.7. The normalized spacial score (nSPS) is 10.9. The highest BCUT2D eigenvalue weighted by Gasteiger charge is 2.16. The van der Waals surface area contributed by atoms with Gasteiger partial charge in [0.05, 0.1) is 49.0 Å². The van der Waals surface area contributed by atoms with Crippen LogP contribution in [-0.4, -0.2) is 42.3 Å². The number of nitrogens with one attached hydrogen (secondary N) is 2. The van der Waals surface area contributed by atoms with Crippen molar-refractivity contribution in [3.8, 4) is 23.0 Å². The van der Waals surface area contributed by atoms with E-state index in [4.69, 9.17) is 30.5 Å². The molecule has 2 N–H and O–H groups in total. The molecule has 0 bridgehead atoms. The third-order valence-electron chi connectivity index (χ3n) is 4.90. The highest BCUT2D eigenvalue weighted by Crippen LogP contribution is 2.29. The first-order chi connectivity index (χ1) is 16.8. The number of rotatable bonds is 11. The molecule has 1 amide bonds. The maximum Gasteiger partial charge on any atom is 0.261 e. The lowest BCUT2D eigenvalue weighted by molar-refractivity contribution is -0.123. The van der Waals surface area contributed by atoms with Gasteiger partial charge in [-0.1, -0.05) is 17.7 Å². The average molecular weight is 521 g/mol. The van der Waals surface area contributed by atoms with E-state index in [0.29, 0.717) is 34.2 Å². The van der Waals surface area contributed by atoms with Crippen LogP contribution in [0, 0.1) is 0 Å². The minimum Gasteiger partial charge on any atom is -0.496 e. The maximum atomic E-state index is 12.7. The third-order valence-corrected chi connectivity index (χ3v) is 6.59. The first kappa shape index (κ1) is 26.0. The summed E-state index contributed by atoms with van der Waals surface area (Å²) in [6.45, 7) is -0.0697. The fraction of sp³-hybridized carbons (Fsp3) is 0.208. The second kappa shape index (κ2) is 11.7. The summed E-state index contributed by atoms with van der Waals surface area (Å²) in [5.74, 6) is 1.58. The van der Waals surface area contributed by atoms with Crippen LogP contribution in [0.2, 0.25) is 5.02 Å². The van der Waals surface area contributed by atoms with E-state index in [2.05, 4.69) is 10.0 Å². The van der Waals surface area contributed by atoms with Crippen LogP contribution in [0.25, 0.3) is 0 Å². The van der Waals surface area contributed by atoms with Gasteiger partial charge in [-0.25, -0.2) is 8.42 Å². The van der Waals surface area contributed by atoms with Gasteiger partial charge in [-0.05, 0) is 54.6 Å². The Balaban J connectivity index is 1.57. The minimum atomic E-state index is -3.86. The van der Waals surface area contributed by atoms with Crippen LogP contribution in [0.3, 0.4) is 0 Å². The fourth-order valence-electron chi connectivity index (χ4n) is 3.15. The van der Waals surface area contributed by atoms with Crippen molar-refractivity contribution in [3.05, 3.63) is 71.2 Å². The van der Waals surface area contributed by atoms with Crippen LogP contribution < -0.4 is 29.0 Å². The van der Waals surface area contributed by atoms with E-state index < -0.39 is 10.0 Å². The molecule has 0 saturated heterocycles. The molecule has 0 fully saturated rings. The van der Waals surface area contributed by atoms with Crippen LogP contribution in [0.1, 0.15) is 5.56 Å². The monoisotopic (exact) mass is 520 g/mol. The highest BCUT2D eigenvalue weighted by molar-refractivity contribution is 7.92. The molecule has 0 atom stereocenters. The number of carbonyl (C=O) groups is 1. The summed E-state index contributed by atoms with van der Waals surface area (Å²) in [4.78, 5) is 12.3. The molecular weight excluding hydrogens is 496 g/mol. The van der Waals surface area contributed by atoms with Crippen molar-refractivity contribution in [2.24, 2.45) is 0 Å². The number of carbonyl (C=O) groups excluding carboxylic acids is 1. The number of amides is 1. The lowest BCUT2D eigenvalue weighted by Crippen LogP contribution is -2.28. The van der Waals surface area contributed by atoms with Gasteiger partial charge in [0.25, 0.3) is 15.9 Å². The lowest BCUT2D eigenvalue weighted by Gasteiger charge is -2.14. The van der Waals surface area contributed by atoms with Crippen molar-refractivity contribution in [1.29, 1.82) is 0 Å². The Kier molecular flexibility index (Phi) is 8.67. The molecule has 0 aliphatic carbocycles. The predicted molar refractivity (Wildman–Crippen MR) is 132 cm³/mol. The smallest absolute Gasteiger partial charge is 0.261 e. The van der Waals surface area contributed by atoms with Crippen LogP contribution >= 0.6 is 11.6 Å². The summed E-state index contributed by atoms with van der Waals surface area (Å²) in [5.41, 5.74) is 0.991. The topological polar surface area (TPSA) is 112 Å². The van der Waals surface area contributed by atoms with E-state index in [1.807, 2.05) is 0 Å². The van der Waals surface area contributed by atoms with Gasteiger partial charge in [-0.3, -0.25) is 9.52 Å². The minimum absolute atomic E-state index is 0.0181. The van der Waals surface area contributed by atoms with Gasteiger partial charge < -0.3 is 24.3 Å². The molecule has 0 heterocycles. The van der Waals surface area contributed by atoms with E-state index in [-0.39, 0.29) is 29.0 Å². The van der Waals surface area contributed by atoms with E-state index in [1.165, 1.54) is 51.7 Å². The molecule has 0 aliphatic rings. The van der Waals surface area contributed by atoms with Crippen molar-refractivity contribution < 1.29 is 32.2 Å². The number of methoxy groups -OCH3 is 3. The number of halogens is 1. The first-order valence-electron chi connectivity index (χ1n) is 10.3. The van der Waals surface area contributed by atoms with Crippen molar-refractivity contribution in [1.82, 2.24) is 5.32 Å². The number of benzene rings is 3. The van der Waals surface area contributed by atoms with Crippen molar-refractivity contribution in [2.75, 3.05) is 32.7 Å². The molecule has 0 aliphatic heterocycles. The van der Waals surface area contributed by atoms with Gasteiger partial charge in [0.1, 0.15) is 23.0 Å². The van der Waals surface area contributed by atoms with Gasteiger partial charge in [0, 0.05) is 0 Å². The second-order valence-electron chi connectivity index (χ2n) is 7.13. The second-order valence-corrected chi connectivity index (χ2v) is 9.22. The van der Waals surface area contributed by atoms with Crippen LogP contribution in [0.15, 0.2) is 65.6 Å². The molecule has 35 heavy (non-hydrogen) atoms. The van der Waals surface area contributed by atoms with Crippen molar-refractivity contribution in [3.63, 3.8) is 0 Å². The molecule has 3 rings (SSSR count). The zero-order valence-corrected chi connectivity index (χ0v) is 20.9. The molecule has 186 valence electrons. The standard InChI is InChI=1S/C24H25ClN2O7S/c1-31-21-5-4-6-22(32-2)19(21)14-26-24(28)15-34-17-8-10-18(11-9-17)35(29,30)27-16-7-12-23(33-3)20(25)13-16/h4-13,27H,14-15H2,1-3H3,(H,26,28). The Hall–Kier alpha value is -3.63. The Bertz CT molecular complexity index is 1260.